The average molecular weight is 207 g/mol. The lowest BCUT2D eigenvalue weighted by atomic mass is 9.66. The third-order valence-electron chi connectivity index (χ3n) is 4.40. The zero-order valence-electron chi connectivity index (χ0n) is 9.83. The van der Waals surface area contributed by atoms with Gasteiger partial charge in [0, 0.05) is 13.0 Å². The first kappa shape index (κ1) is 11.0. The number of nitrogens with zero attached hydrogens (tertiary/aromatic N) is 1. The molecule has 0 amide bonds. The van der Waals surface area contributed by atoms with Crippen molar-refractivity contribution >= 4 is 0 Å². The quantitative estimate of drug-likeness (QED) is 0.697. The summed E-state index contributed by atoms with van der Waals surface area (Å²) in [6.45, 7) is 5.58. The Balaban J connectivity index is 1.95. The summed E-state index contributed by atoms with van der Waals surface area (Å²) in [6, 6.07) is 2.27. The van der Waals surface area contributed by atoms with Crippen molar-refractivity contribution in [1.82, 2.24) is 0 Å². The summed E-state index contributed by atoms with van der Waals surface area (Å²) in [7, 11) is 0. The summed E-state index contributed by atoms with van der Waals surface area (Å²) in [5.41, 5.74) is 0.362. The molecule has 15 heavy (non-hydrogen) atoms. The fraction of sp³-hybridized carbons (Fsp3) is 0.923. The van der Waals surface area contributed by atoms with Crippen molar-refractivity contribution in [1.29, 1.82) is 5.26 Å². The van der Waals surface area contributed by atoms with Gasteiger partial charge in [-0.25, -0.2) is 0 Å². The topological polar surface area (TPSA) is 33.0 Å². The molecule has 1 saturated carbocycles. The highest BCUT2D eigenvalue weighted by Crippen LogP contribution is 2.47. The summed E-state index contributed by atoms with van der Waals surface area (Å²) >= 11 is 0. The minimum Gasteiger partial charge on any atom is -0.378 e. The number of hydrogen-bond donors (Lipinski definition) is 0. The molecule has 0 aromatic heterocycles. The van der Waals surface area contributed by atoms with E-state index in [1.165, 1.54) is 19.3 Å². The highest BCUT2D eigenvalue weighted by Gasteiger charge is 2.43. The van der Waals surface area contributed by atoms with Crippen LogP contribution in [0.5, 0.6) is 0 Å². The number of fused-ring (bicyclic) bond motifs is 1. The first-order valence-corrected chi connectivity index (χ1v) is 6.13. The van der Waals surface area contributed by atoms with Crippen LogP contribution < -0.4 is 0 Å². The summed E-state index contributed by atoms with van der Waals surface area (Å²) in [4.78, 5) is 0. The number of rotatable bonds is 2. The lowest BCUT2D eigenvalue weighted by molar-refractivity contribution is 0.0108. The van der Waals surface area contributed by atoms with Crippen molar-refractivity contribution in [2.24, 2.45) is 17.3 Å². The van der Waals surface area contributed by atoms with Gasteiger partial charge in [-0.1, -0.05) is 13.8 Å². The van der Waals surface area contributed by atoms with Gasteiger partial charge in [0.25, 0.3) is 0 Å². The maximum Gasteiger partial charge on any atom is 0.0621 e. The molecular weight excluding hydrogens is 186 g/mol. The SMILES string of the molecule is CC1COC2CC(C)(CCC#N)CCC12. The smallest absolute Gasteiger partial charge is 0.0621 e. The van der Waals surface area contributed by atoms with E-state index in [0.717, 1.165) is 24.9 Å². The van der Waals surface area contributed by atoms with Gasteiger partial charge in [0.1, 0.15) is 0 Å². The average Bonchev–Trinajstić information content (AvgIpc) is 2.57. The van der Waals surface area contributed by atoms with E-state index in [2.05, 4.69) is 19.9 Å². The second-order valence-corrected chi connectivity index (χ2v) is 5.72. The third kappa shape index (κ3) is 2.18. The highest BCUT2D eigenvalue weighted by molar-refractivity contribution is 4.94. The molecule has 4 unspecified atom stereocenters. The van der Waals surface area contributed by atoms with Gasteiger partial charge >= 0.3 is 0 Å². The molecule has 84 valence electrons. The molecule has 4 atom stereocenters. The van der Waals surface area contributed by atoms with E-state index in [1.54, 1.807) is 0 Å². The third-order valence-corrected chi connectivity index (χ3v) is 4.40. The van der Waals surface area contributed by atoms with Gasteiger partial charge in [0.2, 0.25) is 0 Å². The van der Waals surface area contributed by atoms with Gasteiger partial charge in [-0.15, -0.1) is 0 Å². The van der Waals surface area contributed by atoms with Crippen LogP contribution in [-0.4, -0.2) is 12.7 Å². The van der Waals surface area contributed by atoms with Crippen molar-refractivity contribution in [3.63, 3.8) is 0 Å². The van der Waals surface area contributed by atoms with Crippen LogP contribution in [0.1, 0.15) is 46.0 Å². The van der Waals surface area contributed by atoms with Crippen molar-refractivity contribution in [3.05, 3.63) is 0 Å². The normalized spacial score (nSPS) is 44.7. The Morgan fingerprint density at radius 3 is 3.07 bits per heavy atom. The second kappa shape index (κ2) is 4.14. The summed E-state index contributed by atoms with van der Waals surface area (Å²) < 4.78 is 5.86. The maximum atomic E-state index is 8.66. The molecule has 2 fully saturated rings. The van der Waals surface area contributed by atoms with Crippen molar-refractivity contribution in [2.75, 3.05) is 6.61 Å². The molecule has 1 aliphatic carbocycles. The fourth-order valence-corrected chi connectivity index (χ4v) is 3.26. The van der Waals surface area contributed by atoms with E-state index >= 15 is 0 Å². The molecular formula is C13H21NO. The van der Waals surface area contributed by atoms with Crippen LogP contribution in [0.4, 0.5) is 0 Å². The van der Waals surface area contributed by atoms with Crippen molar-refractivity contribution in [2.45, 2.75) is 52.1 Å². The highest BCUT2D eigenvalue weighted by atomic mass is 16.5. The standard InChI is InChI=1S/C13H21NO/c1-10-9-15-12-8-13(2,5-3-7-14)6-4-11(10)12/h10-12H,3-6,8-9H2,1-2H3. The predicted molar refractivity (Wildman–Crippen MR) is 59.2 cm³/mol. The van der Waals surface area contributed by atoms with E-state index < -0.39 is 0 Å². The summed E-state index contributed by atoms with van der Waals surface area (Å²) in [6.07, 6.45) is 5.98. The van der Waals surface area contributed by atoms with Gasteiger partial charge in [0.05, 0.1) is 12.2 Å². The maximum absolute atomic E-state index is 8.66. The number of ether oxygens (including phenoxy) is 1. The van der Waals surface area contributed by atoms with Crippen molar-refractivity contribution < 1.29 is 4.74 Å². The Kier molecular flexibility index (Phi) is 3.02. The number of nitriles is 1. The Hall–Kier alpha value is -0.550. The monoisotopic (exact) mass is 207 g/mol. The molecule has 0 bridgehead atoms. The lowest BCUT2D eigenvalue weighted by Crippen LogP contribution is -2.34. The molecule has 0 radical (unpaired) electrons. The lowest BCUT2D eigenvalue weighted by Gasteiger charge is -2.39. The van der Waals surface area contributed by atoms with Gasteiger partial charge in [-0.2, -0.15) is 5.26 Å². The van der Waals surface area contributed by atoms with Gasteiger partial charge in [0.15, 0.2) is 0 Å². The van der Waals surface area contributed by atoms with Crippen LogP contribution in [0.2, 0.25) is 0 Å². The molecule has 2 heteroatoms. The molecule has 2 nitrogen and oxygen atoms in total. The van der Waals surface area contributed by atoms with Gasteiger partial charge in [-0.05, 0) is 42.9 Å². The van der Waals surface area contributed by atoms with Crippen LogP contribution in [0.25, 0.3) is 0 Å². The first-order chi connectivity index (χ1) is 7.14. The van der Waals surface area contributed by atoms with Crippen LogP contribution in [0.3, 0.4) is 0 Å². The predicted octanol–water partition coefficient (Wildman–Crippen LogP) is 3.13. The van der Waals surface area contributed by atoms with E-state index in [4.69, 9.17) is 10.00 Å². The Morgan fingerprint density at radius 1 is 1.53 bits per heavy atom. The van der Waals surface area contributed by atoms with Crippen LogP contribution in [-0.2, 0) is 4.74 Å². The summed E-state index contributed by atoms with van der Waals surface area (Å²) in [5.74, 6) is 1.54. The van der Waals surface area contributed by atoms with E-state index in [0.29, 0.717) is 17.9 Å². The second-order valence-electron chi connectivity index (χ2n) is 5.72. The Bertz CT molecular complexity index is 270. The molecule has 0 N–H and O–H groups in total. The van der Waals surface area contributed by atoms with Gasteiger partial charge in [-0.3, -0.25) is 0 Å². The molecule has 0 aromatic carbocycles. The molecule has 1 aliphatic heterocycles. The van der Waals surface area contributed by atoms with Crippen LogP contribution >= 0.6 is 0 Å². The molecule has 2 rings (SSSR count). The largest absolute Gasteiger partial charge is 0.378 e. The molecule has 1 heterocycles. The minimum atomic E-state index is 0.362. The van der Waals surface area contributed by atoms with Gasteiger partial charge < -0.3 is 4.74 Å². The van der Waals surface area contributed by atoms with Crippen LogP contribution in [0.15, 0.2) is 0 Å². The molecule has 1 saturated heterocycles. The zero-order chi connectivity index (χ0) is 10.9. The fourth-order valence-electron chi connectivity index (χ4n) is 3.26. The first-order valence-electron chi connectivity index (χ1n) is 6.13. The molecule has 2 aliphatic rings. The van der Waals surface area contributed by atoms with Crippen LogP contribution in [0, 0.1) is 28.6 Å². The minimum absolute atomic E-state index is 0.362. The zero-order valence-corrected chi connectivity index (χ0v) is 9.83. The Labute approximate surface area is 92.6 Å². The van der Waals surface area contributed by atoms with E-state index in [9.17, 15) is 0 Å². The molecule has 0 aromatic rings. The van der Waals surface area contributed by atoms with Crippen molar-refractivity contribution in [3.8, 4) is 6.07 Å². The molecule has 0 spiro atoms. The van der Waals surface area contributed by atoms with E-state index in [1.807, 2.05) is 0 Å². The Morgan fingerprint density at radius 2 is 2.33 bits per heavy atom. The number of hydrogen-bond acceptors (Lipinski definition) is 2. The summed E-state index contributed by atoms with van der Waals surface area (Å²) in [5, 5.41) is 8.66. The van der Waals surface area contributed by atoms with E-state index in [-0.39, 0.29) is 0 Å².